The average molecular weight is 297 g/mol. The molecule has 0 spiro atoms. The van der Waals surface area contributed by atoms with Crippen molar-refractivity contribution in [2.24, 2.45) is 5.73 Å². The van der Waals surface area contributed by atoms with Crippen molar-refractivity contribution in [1.29, 1.82) is 0 Å². The Bertz CT molecular complexity index is 507. The summed E-state index contributed by atoms with van der Waals surface area (Å²) in [6.07, 6.45) is 0.0571. The maximum atomic E-state index is 11.6. The van der Waals surface area contributed by atoms with E-state index in [1.54, 1.807) is 18.2 Å². The Balaban J connectivity index is 2.51. The Morgan fingerprint density at radius 1 is 1.33 bits per heavy atom. The number of nitrogens with one attached hydrogen (secondary N) is 2. The summed E-state index contributed by atoms with van der Waals surface area (Å²) in [4.78, 5) is 22.1. The molecule has 0 heterocycles. The Morgan fingerprint density at radius 2 is 2.05 bits per heavy atom. The number of aliphatic carboxylic acids is 1. The molecule has 1 atom stereocenters. The number of anilines is 1. The lowest BCUT2D eigenvalue weighted by Gasteiger charge is -2.13. The molecule has 0 aliphatic carbocycles. The zero-order valence-electron chi connectivity index (χ0n) is 11.9. The number of amides is 1. The van der Waals surface area contributed by atoms with Crippen LogP contribution in [-0.4, -0.2) is 37.2 Å². The molecule has 1 aromatic carbocycles. The number of carbonyl (C=O) groups excluding carboxylic acids is 1. The molecule has 1 aromatic rings. The summed E-state index contributed by atoms with van der Waals surface area (Å²) in [7, 11) is 3.03. The monoisotopic (exact) mass is 297 g/mol. The lowest BCUT2D eigenvalue weighted by molar-refractivity contribution is -0.138. The lowest BCUT2D eigenvalue weighted by Crippen LogP contribution is -2.34. The molecule has 0 aliphatic heterocycles. The first-order valence-corrected chi connectivity index (χ1v) is 6.23. The summed E-state index contributed by atoms with van der Waals surface area (Å²) < 4.78 is 10.2. The van der Waals surface area contributed by atoms with Crippen molar-refractivity contribution in [3.8, 4) is 11.5 Å². The number of carboxylic acids is 1. The van der Waals surface area contributed by atoms with Crippen molar-refractivity contribution in [3.05, 3.63) is 18.2 Å². The number of rotatable bonds is 8. The summed E-state index contributed by atoms with van der Waals surface area (Å²) in [5.41, 5.74) is 11.0. The normalized spacial score (nSPS) is 11.4. The van der Waals surface area contributed by atoms with Gasteiger partial charge in [0.25, 0.3) is 0 Å². The second-order valence-electron chi connectivity index (χ2n) is 4.22. The Labute approximate surface area is 122 Å². The summed E-state index contributed by atoms with van der Waals surface area (Å²) in [5, 5.41) is 8.62. The van der Waals surface area contributed by atoms with Crippen LogP contribution in [0.4, 0.5) is 5.69 Å². The van der Waals surface area contributed by atoms with Crippen LogP contribution < -0.4 is 26.1 Å². The molecule has 0 radical (unpaired) electrons. The molecule has 1 amide bonds. The van der Waals surface area contributed by atoms with Crippen LogP contribution in [0.2, 0.25) is 0 Å². The maximum Gasteiger partial charge on any atom is 0.320 e. The smallest absolute Gasteiger partial charge is 0.320 e. The zero-order chi connectivity index (χ0) is 15.8. The highest BCUT2D eigenvalue weighted by molar-refractivity contribution is 5.79. The van der Waals surface area contributed by atoms with Gasteiger partial charge in [-0.25, -0.2) is 0 Å². The number of hydrogen-bond acceptors (Lipinski definition) is 6. The van der Waals surface area contributed by atoms with E-state index in [2.05, 4.69) is 10.9 Å². The topological polar surface area (TPSA) is 123 Å². The first-order chi connectivity index (χ1) is 9.97. The van der Waals surface area contributed by atoms with E-state index < -0.39 is 12.0 Å². The third kappa shape index (κ3) is 5.19. The van der Waals surface area contributed by atoms with E-state index in [4.69, 9.17) is 20.3 Å². The fourth-order valence-corrected chi connectivity index (χ4v) is 1.51. The largest absolute Gasteiger partial charge is 0.497 e. The van der Waals surface area contributed by atoms with Gasteiger partial charge in [0.2, 0.25) is 5.91 Å². The van der Waals surface area contributed by atoms with Gasteiger partial charge in [-0.15, -0.1) is 0 Å². The quantitative estimate of drug-likeness (QED) is 0.510. The van der Waals surface area contributed by atoms with Crippen molar-refractivity contribution in [2.75, 3.05) is 19.6 Å². The van der Waals surface area contributed by atoms with Gasteiger partial charge >= 0.3 is 5.97 Å². The standard InChI is InChI=1S/C13H19N3O5/c1-20-8-3-5-10(11(7-8)21-2)15-16-12(17)6-4-9(14)13(18)19/h3,5,7,9,15H,4,6,14H2,1-2H3,(H,16,17)(H,18,19). The van der Waals surface area contributed by atoms with Crippen LogP contribution in [0, 0.1) is 0 Å². The van der Waals surface area contributed by atoms with Crippen molar-refractivity contribution >= 4 is 17.6 Å². The minimum atomic E-state index is -1.13. The number of carbonyl (C=O) groups is 2. The van der Waals surface area contributed by atoms with Crippen LogP contribution in [0.5, 0.6) is 11.5 Å². The maximum absolute atomic E-state index is 11.6. The molecule has 0 bridgehead atoms. The number of methoxy groups -OCH3 is 2. The van der Waals surface area contributed by atoms with Crippen LogP contribution in [0.1, 0.15) is 12.8 Å². The fraction of sp³-hybridized carbons (Fsp3) is 0.385. The summed E-state index contributed by atoms with van der Waals surface area (Å²) >= 11 is 0. The van der Waals surface area contributed by atoms with Gasteiger partial charge in [-0.1, -0.05) is 0 Å². The Kier molecular flexibility index (Phi) is 6.28. The molecule has 21 heavy (non-hydrogen) atoms. The van der Waals surface area contributed by atoms with Crippen molar-refractivity contribution < 1.29 is 24.2 Å². The molecule has 0 fully saturated rings. The minimum absolute atomic E-state index is 0.00105. The van der Waals surface area contributed by atoms with E-state index in [9.17, 15) is 9.59 Å². The van der Waals surface area contributed by atoms with Crippen molar-refractivity contribution in [3.63, 3.8) is 0 Å². The van der Waals surface area contributed by atoms with Crippen LogP contribution >= 0.6 is 0 Å². The number of nitrogens with two attached hydrogens (primary N) is 1. The summed E-state index contributed by atoms with van der Waals surface area (Å²) in [6, 6.07) is 4.00. The molecule has 8 heteroatoms. The molecule has 5 N–H and O–H groups in total. The van der Waals surface area contributed by atoms with E-state index in [1.807, 2.05) is 0 Å². The summed E-state index contributed by atoms with van der Waals surface area (Å²) in [6.45, 7) is 0. The van der Waals surface area contributed by atoms with E-state index in [1.165, 1.54) is 14.2 Å². The second kappa shape index (κ2) is 7.95. The molecular formula is C13H19N3O5. The number of hydrazine groups is 1. The SMILES string of the molecule is COc1ccc(NNC(=O)CCC(N)C(=O)O)c(OC)c1. The first kappa shape index (κ1) is 16.6. The Hall–Kier alpha value is -2.48. The molecule has 0 saturated carbocycles. The second-order valence-corrected chi connectivity index (χ2v) is 4.22. The molecular weight excluding hydrogens is 278 g/mol. The highest BCUT2D eigenvalue weighted by atomic mass is 16.5. The molecule has 1 rings (SSSR count). The molecule has 8 nitrogen and oxygen atoms in total. The molecule has 0 aliphatic rings. The molecule has 116 valence electrons. The van der Waals surface area contributed by atoms with Crippen molar-refractivity contribution in [2.45, 2.75) is 18.9 Å². The van der Waals surface area contributed by atoms with E-state index in [0.717, 1.165) is 0 Å². The van der Waals surface area contributed by atoms with Crippen LogP contribution in [0.15, 0.2) is 18.2 Å². The predicted molar refractivity (Wildman–Crippen MR) is 76.2 cm³/mol. The van der Waals surface area contributed by atoms with Gasteiger partial charge in [0.05, 0.1) is 19.9 Å². The van der Waals surface area contributed by atoms with Gasteiger partial charge in [0, 0.05) is 12.5 Å². The van der Waals surface area contributed by atoms with Gasteiger partial charge in [-0.2, -0.15) is 0 Å². The van der Waals surface area contributed by atoms with Gasteiger partial charge < -0.3 is 20.3 Å². The number of benzene rings is 1. The number of hydrogen-bond donors (Lipinski definition) is 4. The van der Waals surface area contributed by atoms with Crippen LogP contribution in [-0.2, 0) is 9.59 Å². The molecule has 1 unspecified atom stereocenters. The van der Waals surface area contributed by atoms with Gasteiger partial charge in [0.1, 0.15) is 17.5 Å². The zero-order valence-corrected chi connectivity index (χ0v) is 11.9. The van der Waals surface area contributed by atoms with Crippen molar-refractivity contribution in [1.82, 2.24) is 5.43 Å². The molecule has 0 saturated heterocycles. The van der Waals surface area contributed by atoms with Gasteiger partial charge in [0.15, 0.2) is 0 Å². The minimum Gasteiger partial charge on any atom is -0.497 e. The lowest BCUT2D eigenvalue weighted by atomic mass is 10.2. The first-order valence-electron chi connectivity index (χ1n) is 6.23. The summed E-state index contributed by atoms with van der Waals surface area (Å²) in [5.74, 6) is -0.384. The van der Waals surface area contributed by atoms with Gasteiger partial charge in [-0.3, -0.25) is 20.4 Å². The highest BCUT2D eigenvalue weighted by Gasteiger charge is 2.13. The fourth-order valence-electron chi connectivity index (χ4n) is 1.51. The Morgan fingerprint density at radius 3 is 2.62 bits per heavy atom. The number of ether oxygens (including phenoxy) is 2. The van der Waals surface area contributed by atoms with E-state index in [-0.39, 0.29) is 18.7 Å². The number of carboxylic acid groups (broad SMARTS) is 1. The third-order valence-corrected chi connectivity index (χ3v) is 2.74. The van der Waals surface area contributed by atoms with Crippen LogP contribution in [0.25, 0.3) is 0 Å². The van der Waals surface area contributed by atoms with E-state index in [0.29, 0.717) is 17.2 Å². The van der Waals surface area contributed by atoms with E-state index >= 15 is 0 Å². The predicted octanol–water partition coefficient (Wildman–Crippen LogP) is 0.339. The highest BCUT2D eigenvalue weighted by Crippen LogP contribution is 2.28. The van der Waals surface area contributed by atoms with Crippen LogP contribution in [0.3, 0.4) is 0 Å². The van der Waals surface area contributed by atoms with Gasteiger partial charge in [-0.05, 0) is 18.6 Å². The third-order valence-electron chi connectivity index (χ3n) is 2.74. The average Bonchev–Trinajstić information content (AvgIpc) is 2.49. The molecule has 0 aromatic heterocycles.